The van der Waals surface area contributed by atoms with E-state index in [0.717, 1.165) is 4.31 Å². The smallest absolute Gasteiger partial charge is 0.244 e. The molecule has 0 aliphatic heterocycles. The van der Waals surface area contributed by atoms with Crippen LogP contribution in [0.2, 0.25) is 0 Å². The van der Waals surface area contributed by atoms with Crippen molar-refractivity contribution in [3.8, 4) is 6.07 Å². The number of amides is 1. The second-order valence-corrected chi connectivity index (χ2v) is 5.84. The van der Waals surface area contributed by atoms with E-state index in [1.54, 1.807) is 13.0 Å². The molecule has 0 radical (unpaired) electrons. The van der Waals surface area contributed by atoms with Crippen molar-refractivity contribution in [2.45, 2.75) is 11.8 Å². The van der Waals surface area contributed by atoms with Crippen LogP contribution in [0.5, 0.6) is 0 Å². The summed E-state index contributed by atoms with van der Waals surface area (Å²) in [5.74, 6) is -0.386. The van der Waals surface area contributed by atoms with Gasteiger partial charge >= 0.3 is 0 Å². The molecule has 1 aromatic rings. The summed E-state index contributed by atoms with van der Waals surface area (Å²) in [5, 5.41) is 11.4. The number of sulfonamides is 1. The van der Waals surface area contributed by atoms with Crippen molar-refractivity contribution in [3.05, 3.63) is 29.8 Å². The molecular weight excluding hydrogens is 266 g/mol. The molecule has 0 aromatic heterocycles. The Morgan fingerprint density at radius 2 is 2.05 bits per heavy atom. The van der Waals surface area contributed by atoms with Crippen LogP contribution in [-0.2, 0) is 14.8 Å². The maximum absolute atomic E-state index is 12.2. The minimum absolute atomic E-state index is 0.0604. The van der Waals surface area contributed by atoms with E-state index in [1.165, 1.54) is 25.2 Å². The first-order valence-electron chi connectivity index (χ1n) is 5.65. The predicted molar refractivity (Wildman–Crippen MR) is 69.7 cm³/mol. The molecule has 0 atom stereocenters. The first-order valence-corrected chi connectivity index (χ1v) is 7.09. The Morgan fingerprint density at radius 1 is 1.42 bits per heavy atom. The van der Waals surface area contributed by atoms with Gasteiger partial charge in [-0.05, 0) is 19.1 Å². The molecule has 0 saturated heterocycles. The highest BCUT2D eigenvalue weighted by Crippen LogP contribution is 2.18. The van der Waals surface area contributed by atoms with E-state index < -0.39 is 10.0 Å². The third-order valence-corrected chi connectivity index (χ3v) is 4.30. The summed E-state index contributed by atoms with van der Waals surface area (Å²) in [6.07, 6.45) is 0. The number of benzene rings is 1. The highest BCUT2D eigenvalue weighted by atomic mass is 32.2. The number of nitrogens with one attached hydrogen (secondary N) is 1. The van der Waals surface area contributed by atoms with Crippen molar-refractivity contribution in [1.29, 1.82) is 5.26 Å². The number of nitriles is 1. The van der Waals surface area contributed by atoms with Gasteiger partial charge in [0.05, 0.1) is 17.0 Å². The SMILES string of the molecule is CCNC(=O)CN(C)S(=O)(=O)c1ccccc1C#N. The van der Waals surface area contributed by atoms with Crippen LogP contribution in [0, 0.1) is 11.3 Å². The Kier molecular flexibility index (Phi) is 5.03. The van der Waals surface area contributed by atoms with Crippen molar-refractivity contribution < 1.29 is 13.2 Å². The van der Waals surface area contributed by atoms with Crippen LogP contribution in [0.4, 0.5) is 0 Å². The molecule has 0 saturated carbocycles. The predicted octanol–water partition coefficient (Wildman–Crippen LogP) is 0.315. The van der Waals surface area contributed by atoms with Crippen molar-refractivity contribution >= 4 is 15.9 Å². The lowest BCUT2D eigenvalue weighted by molar-refractivity contribution is -0.121. The normalized spacial score (nSPS) is 11.1. The van der Waals surface area contributed by atoms with Gasteiger partial charge in [-0.1, -0.05) is 12.1 Å². The summed E-state index contributed by atoms with van der Waals surface area (Å²) in [4.78, 5) is 11.3. The Balaban J connectivity index is 3.04. The molecule has 102 valence electrons. The molecule has 0 heterocycles. The molecule has 0 unspecified atom stereocenters. The maximum atomic E-state index is 12.2. The first-order chi connectivity index (χ1) is 8.93. The summed E-state index contributed by atoms with van der Waals surface area (Å²) < 4.78 is 25.4. The molecule has 0 spiro atoms. The fraction of sp³-hybridized carbons (Fsp3) is 0.333. The molecule has 1 amide bonds. The topological polar surface area (TPSA) is 90.3 Å². The minimum atomic E-state index is -3.85. The molecule has 1 rings (SSSR count). The van der Waals surface area contributed by atoms with E-state index in [2.05, 4.69) is 5.32 Å². The third-order valence-electron chi connectivity index (χ3n) is 2.44. The van der Waals surface area contributed by atoms with Gasteiger partial charge in [0.25, 0.3) is 0 Å². The van der Waals surface area contributed by atoms with E-state index >= 15 is 0 Å². The van der Waals surface area contributed by atoms with Gasteiger partial charge < -0.3 is 5.32 Å². The van der Waals surface area contributed by atoms with E-state index in [4.69, 9.17) is 5.26 Å². The average Bonchev–Trinajstić information content (AvgIpc) is 2.38. The van der Waals surface area contributed by atoms with Gasteiger partial charge in [0.2, 0.25) is 15.9 Å². The van der Waals surface area contributed by atoms with Gasteiger partial charge in [0.1, 0.15) is 6.07 Å². The molecule has 1 aromatic carbocycles. The summed E-state index contributed by atoms with van der Waals surface area (Å²) in [7, 11) is -2.54. The fourth-order valence-electron chi connectivity index (χ4n) is 1.49. The summed E-state index contributed by atoms with van der Waals surface area (Å²) in [5.41, 5.74) is 0.0604. The molecule has 6 nitrogen and oxygen atoms in total. The minimum Gasteiger partial charge on any atom is -0.355 e. The second kappa shape index (κ2) is 6.31. The van der Waals surface area contributed by atoms with Gasteiger partial charge in [-0.15, -0.1) is 0 Å². The second-order valence-electron chi connectivity index (χ2n) is 3.82. The van der Waals surface area contributed by atoms with Crippen LogP contribution < -0.4 is 5.32 Å². The third kappa shape index (κ3) is 3.53. The number of likely N-dealkylation sites (N-methyl/N-ethyl adjacent to an activating group) is 2. The monoisotopic (exact) mass is 281 g/mol. The number of hydrogen-bond donors (Lipinski definition) is 1. The summed E-state index contributed by atoms with van der Waals surface area (Å²) >= 11 is 0. The molecule has 19 heavy (non-hydrogen) atoms. The van der Waals surface area contributed by atoms with E-state index in [0.29, 0.717) is 6.54 Å². The van der Waals surface area contributed by atoms with Gasteiger partial charge in [0.15, 0.2) is 0 Å². The highest BCUT2D eigenvalue weighted by Gasteiger charge is 2.25. The quantitative estimate of drug-likeness (QED) is 0.841. The van der Waals surface area contributed by atoms with Crippen molar-refractivity contribution in [1.82, 2.24) is 9.62 Å². The molecular formula is C12H15N3O3S. The van der Waals surface area contributed by atoms with Gasteiger partial charge in [-0.2, -0.15) is 9.57 Å². The van der Waals surface area contributed by atoms with E-state index in [-0.39, 0.29) is 22.9 Å². The summed E-state index contributed by atoms with van der Waals surface area (Å²) in [6, 6.07) is 7.72. The maximum Gasteiger partial charge on any atom is 0.244 e. The Labute approximate surface area is 112 Å². The van der Waals surface area contributed by atoms with Crippen LogP contribution in [0.3, 0.4) is 0 Å². The standard InChI is InChI=1S/C12H15N3O3S/c1-3-14-12(16)9-15(2)19(17,18)11-7-5-4-6-10(11)8-13/h4-7H,3,9H2,1-2H3,(H,14,16). The van der Waals surface area contributed by atoms with Gasteiger partial charge in [-0.25, -0.2) is 8.42 Å². The molecule has 0 aliphatic rings. The average molecular weight is 281 g/mol. The molecule has 0 fully saturated rings. The van der Waals surface area contributed by atoms with Crippen LogP contribution >= 0.6 is 0 Å². The van der Waals surface area contributed by atoms with Crippen LogP contribution in [0.15, 0.2) is 29.2 Å². The van der Waals surface area contributed by atoms with Gasteiger partial charge in [-0.3, -0.25) is 4.79 Å². The van der Waals surface area contributed by atoms with Gasteiger partial charge in [0, 0.05) is 13.6 Å². The van der Waals surface area contributed by atoms with Crippen LogP contribution in [0.25, 0.3) is 0 Å². The molecule has 7 heteroatoms. The lowest BCUT2D eigenvalue weighted by Gasteiger charge is -2.17. The Bertz CT molecular complexity index is 605. The number of rotatable bonds is 5. The zero-order valence-electron chi connectivity index (χ0n) is 10.8. The van der Waals surface area contributed by atoms with E-state index in [9.17, 15) is 13.2 Å². The number of carbonyl (C=O) groups excluding carboxylic acids is 1. The summed E-state index contributed by atoms with van der Waals surface area (Å²) in [6.45, 7) is 1.90. The Morgan fingerprint density at radius 3 is 2.63 bits per heavy atom. The lowest BCUT2D eigenvalue weighted by Crippen LogP contribution is -2.38. The van der Waals surface area contributed by atoms with E-state index in [1.807, 2.05) is 6.07 Å². The number of carbonyl (C=O) groups is 1. The highest BCUT2D eigenvalue weighted by molar-refractivity contribution is 7.89. The van der Waals surface area contributed by atoms with Crippen molar-refractivity contribution in [3.63, 3.8) is 0 Å². The zero-order valence-corrected chi connectivity index (χ0v) is 11.6. The zero-order chi connectivity index (χ0) is 14.5. The molecule has 0 bridgehead atoms. The molecule has 0 aliphatic carbocycles. The number of hydrogen-bond acceptors (Lipinski definition) is 4. The fourth-order valence-corrected chi connectivity index (χ4v) is 2.76. The number of nitrogens with zero attached hydrogens (tertiary/aromatic N) is 2. The Hall–Kier alpha value is -1.91. The largest absolute Gasteiger partial charge is 0.355 e. The van der Waals surface area contributed by atoms with Crippen LogP contribution in [0.1, 0.15) is 12.5 Å². The van der Waals surface area contributed by atoms with Crippen molar-refractivity contribution in [2.24, 2.45) is 0 Å². The van der Waals surface area contributed by atoms with Crippen molar-refractivity contribution in [2.75, 3.05) is 20.1 Å². The lowest BCUT2D eigenvalue weighted by atomic mass is 10.2. The first kappa shape index (κ1) is 15.1. The molecule has 1 N–H and O–H groups in total. The van der Waals surface area contributed by atoms with Crippen LogP contribution in [-0.4, -0.2) is 38.8 Å².